The Morgan fingerprint density at radius 1 is 1.10 bits per heavy atom. The second kappa shape index (κ2) is 8.49. The number of pyridine rings is 2. The third-order valence-electron chi connectivity index (χ3n) is 3.48. The van der Waals surface area contributed by atoms with Crippen molar-refractivity contribution in [1.82, 2.24) is 14.9 Å². The van der Waals surface area contributed by atoms with Gasteiger partial charge in [0, 0.05) is 43.4 Å². The molecule has 0 fully saturated rings. The Bertz CT molecular complexity index is 504. The molecular formula is C17H23N3O. The van der Waals surface area contributed by atoms with Crippen molar-refractivity contribution in [3.8, 4) is 0 Å². The zero-order chi connectivity index (χ0) is 14.9. The molecule has 0 bridgehead atoms. The van der Waals surface area contributed by atoms with Crippen molar-refractivity contribution in [3.05, 3.63) is 60.2 Å². The van der Waals surface area contributed by atoms with Crippen LogP contribution in [-0.4, -0.2) is 39.6 Å². The van der Waals surface area contributed by atoms with Gasteiger partial charge in [-0.1, -0.05) is 19.1 Å². The van der Waals surface area contributed by atoms with Crippen molar-refractivity contribution in [3.63, 3.8) is 0 Å². The Labute approximate surface area is 126 Å². The monoisotopic (exact) mass is 285 g/mol. The molecule has 0 saturated carbocycles. The summed E-state index contributed by atoms with van der Waals surface area (Å²) in [6.45, 7) is 4.71. The summed E-state index contributed by atoms with van der Waals surface area (Å²) in [5.74, 6) is 0. The van der Waals surface area contributed by atoms with Crippen LogP contribution in [0, 0.1) is 0 Å². The van der Waals surface area contributed by atoms with Crippen LogP contribution < -0.4 is 0 Å². The molecule has 0 aliphatic heterocycles. The van der Waals surface area contributed by atoms with Gasteiger partial charge in [-0.05, 0) is 37.1 Å². The van der Waals surface area contributed by atoms with Gasteiger partial charge in [0.2, 0.25) is 0 Å². The largest absolute Gasteiger partial charge is 0.387 e. The maximum absolute atomic E-state index is 10.3. The first-order valence-electron chi connectivity index (χ1n) is 7.49. The van der Waals surface area contributed by atoms with Crippen LogP contribution in [0.4, 0.5) is 0 Å². The highest BCUT2D eigenvalue weighted by Gasteiger charge is 2.13. The van der Waals surface area contributed by atoms with Crippen molar-refractivity contribution in [2.75, 3.05) is 19.6 Å². The van der Waals surface area contributed by atoms with Crippen molar-refractivity contribution in [2.45, 2.75) is 25.9 Å². The molecule has 4 nitrogen and oxygen atoms in total. The van der Waals surface area contributed by atoms with Gasteiger partial charge in [0.05, 0.1) is 6.10 Å². The second-order valence-corrected chi connectivity index (χ2v) is 5.21. The van der Waals surface area contributed by atoms with E-state index in [2.05, 4.69) is 27.9 Å². The van der Waals surface area contributed by atoms with Crippen LogP contribution in [-0.2, 0) is 6.42 Å². The third kappa shape index (κ3) is 5.25. The van der Waals surface area contributed by atoms with Gasteiger partial charge in [-0.3, -0.25) is 9.97 Å². The highest BCUT2D eigenvalue weighted by Crippen LogP contribution is 2.13. The highest BCUT2D eigenvalue weighted by molar-refractivity contribution is 5.12. The first-order chi connectivity index (χ1) is 10.3. The van der Waals surface area contributed by atoms with Crippen LogP contribution in [0.3, 0.4) is 0 Å². The fourth-order valence-corrected chi connectivity index (χ4v) is 2.37. The van der Waals surface area contributed by atoms with Gasteiger partial charge in [-0.2, -0.15) is 0 Å². The average molecular weight is 285 g/mol. The van der Waals surface area contributed by atoms with E-state index in [1.54, 1.807) is 18.6 Å². The minimum atomic E-state index is -0.487. The van der Waals surface area contributed by atoms with E-state index in [0.29, 0.717) is 6.54 Å². The molecule has 21 heavy (non-hydrogen) atoms. The van der Waals surface area contributed by atoms with Gasteiger partial charge in [0.25, 0.3) is 0 Å². The molecule has 0 aliphatic rings. The van der Waals surface area contributed by atoms with E-state index in [9.17, 15) is 5.11 Å². The summed E-state index contributed by atoms with van der Waals surface area (Å²) >= 11 is 0. The number of aliphatic hydroxyl groups excluding tert-OH is 1. The van der Waals surface area contributed by atoms with Crippen molar-refractivity contribution in [1.29, 1.82) is 0 Å². The van der Waals surface area contributed by atoms with Crippen LogP contribution in [0.25, 0.3) is 0 Å². The van der Waals surface area contributed by atoms with E-state index in [4.69, 9.17) is 0 Å². The van der Waals surface area contributed by atoms with E-state index >= 15 is 0 Å². The smallest absolute Gasteiger partial charge is 0.0931 e. The van der Waals surface area contributed by atoms with Crippen molar-refractivity contribution < 1.29 is 5.11 Å². The highest BCUT2D eigenvalue weighted by atomic mass is 16.3. The molecule has 1 unspecified atom stereocenters. The molecule has 2 heterocycles. The molecule has 2 aromatic heterocycles. The Hall–Kier alpha value is -1.78. The number of hydrogen-bond donors (Lipinski definition) is 1. The lowest BCUT2D eigenvalue weighted by Gasteiger charge is -2.24. The number of nitrogens with zero attached hydrogens (tertiary/aromatic N) is 3. The van der Waals surface area contributed by atoms with Crippen molar-refractivity contribution >= 4 is 0 Å². The minimum Gasteiger partial charge on any atom is -0.387 e. The minimum absolute atomic E-state index is 0.487. The van der Waals surface area contributed by atoms with Gasteiger partial charge >= 0.3 is 0 Å². The number of aromatic nitrogens is 2. The lowest BCUT2D eigenvalue weighted by atomic mass is 10.1. The molecule has 2 rings (SSSR count). The van der Waals surface area contributed by atoms with Gasteiger partial charge in [-0.25, -0.2) is 0 Å². The molecule has 0 aliphatic carbocycles. The summed E-state index contributed by atoms with van der Waals surface area (Å²) in [7, 11) is 0. The summed E-state index contributed by atoms with van der Waals surface area (Å²) < 4.78 is 0. The molecule has 1 atom stereocenters. The molecule has 0 radical (unpaired) electrons. The predicted octanol–water partition coefficient (Wildman–Crippen LogP) is 2.46. The molecule has 112 valence electrons. The molecule has 1 N–H and O–H groups in total. The van der Waals surface area contributed by atoms with Crippen LogP contribution in [0.15, 0.2) is 49.1 Å². The maximum Gasteiger partial charge on any atom is 0.0931 e. The maximum atomic E-state index is 10.3. The van der Waals surface area contributed by atoms with Crippen LogP contribution in [0.1, 0.15) is 30.6 Å². The summed E-state index contributed by atoms with van der Waals surface area (Å²) in [5.41, 5.74) is 2.11. The molecule has 0 spiro atoms. The quantitative estimate of drug-likeness (QED) is 0.809. The lowest BCUT2D eigenvalue weighted by molar-refractivity contribution is 0.113. The molecule has 0 amide bonds. The van der Waals surface area contributed by atoms with Gasteiger partial charge in [0.1, 0.15) is 0 Å². The average Bonchev–Trinajstić information content (AvgIpc) is 2.54. The normalized spacial score (nSPS) is 12.5. The fourth-order valence-electron chi connectivity index (χ4n) is 2.37. The second-order valence-electron chi connectivity index (χ2n) is 5.21. The van der Waals surface area contributed by atoms with Crippen molar-refractivity contribution in [2.24, 2.45) is 0 Å². The SMILES string of the molecule is CCCN(CCc1cccnc1)CC(O)c1cccnc1. The first-order valence-corrected chi connectivity index (χ1v) is 7.49. The Morgan fingerprint density at radius 3 is 2.48 bits per heavy atom. The van der Waals surface area contributed by atoms with Gasteiger partial charge < -0.3 is 10.0 Å². The molecule has 0 aromatic carbocycles. The summed E-state index contributed by atoms with van der Waals surface area (Å²) in [6.07, 6.45) is 8.69. The van der Waals surface area contributed by atoms with E-state index < -0.39 is 6.10 Å². The molecular weight excluding hydrogens is 262 g/mol. The number of rotatable bonds is 8. The van der Waals surface area contributed by atoms with Gasteiger partial charge in [-0.15, -0.1) is 0 Å². The van der Waals surface area contributed by atoms with Gasteiger partial charge in [0.15, 0.2) is 0 Å². The standard InChI is InChI=1S/C17H23N3O/c1-2-10-20(11-7-15-5-3-8-18-12-15)14-17(21)16-6-4-9-19-13-16/h3-6,8-9,12-13,17,21H,2,7,10-11,14H2,1H3. The Kier molecular flexibility index (Phi) is 6.31. The summed E-state index contributed by atoms with van der Waals surface area (Å²) in [4.78, 5) is 10.5. The first kappa shape index (κ1) is 15.6. The zero-order valence-corrected chi connectivity index (χ0v) is 12.5. The number of hydrogen-bond acceptors (Lipinski definition) is 4. The van der Waals surface area contributed by atoms with E-state index in [0.717, 1.165) is 31.5 Å². The topological polar surface area (TPSA) is 49.2 Å². The fraction of sp³-hybridized carbons (Fsp3) is 0.412. The van der Waals surface area contributed by atoms with E-state index in [-0.39, 0.29) is 0 Å². The lowest BCUT2D eigenvalue weighted by Crippen LogP contribution is -2.31. The summed E-state index contributed by atoms with van der Waals surface area (Å²) in [6, 6.07) is 7.83. The zero-order valence-electron chi connectivity index (χ0n) is 12.5. The molecule has 0 saturated heterocycles. The Morgan fingerprint density at radius 2 is 1.86 bits per heavy atom. The molecule has 4 heteroatoms. The van der Waals surface area contributed by atoms with Crippen LogP contribution >= 0.6 is 0 Å². The van der Waals surface area contributed by atoms with E-state index in [1.807, 2.05) is 24.4 Å². The molecule has 2 aromatic rings. The summed E-state index contributed by atoms with van der Waals surface area (Å²) in [5, 5.41) is 10.3. The number of aliphatic hydroxyl groups is 1. The third-order valence-corrected chi connectivity index (χ3v) is 3.48. The van der Waals surface area contributed by atoms with Crippen LogP contribution in [0.2, 0.25) is 0 Å². The van der Waals surface area contributed by atoms with E-state index in [1.165, 1.54) is 5.56 Å². The Balaban J connectivity index is 1.89. The predicted molar refractivity (Wildman–Crippen MR) is 83.9 cm³/mol. The van der Waals surface area contributed by atoms with Crippen LogP contribution in [0.5, 0.6) is 0 Å².